The van der Waals surface area contributed by atoms with Crippen molar-refractivity contribution < 1.29 is 9.53 Å². The number of halogens is 2. The Labute approximate surface area is 253 Å². The van der Waals surface area contributed by atoms with E-state index >= 15 is 0 Å². The normalized spacial score (nSPS) is 14.4. The summed E-state index contributed by atoms with van der Waals surface area (Å²) in [6, 6.07) is 22.6. The molecule has 3 aromatic carbocycles. The van der Waals surface area contributed by atoms with E-state index < -0.39 is 15.8 Å². The molecular weight excluding hydrogens is 602 g/mol. The first-order valence-corrected chi connectivity index (χ1v) is 17.0. The van der Waals surface area contributed by atoms with Gasteiger partial charge in [-0.2, -0.15) is 0 Å². The van der Waals surface area contributed by atoms with Gasteiger partial charge in [0.15, 0.2) is 0 Å². The number of carbonyl (C=O) groups excluding carboxylic acids is 1. The van der Waals surface area contributed by atoms with Crippen molar-refractivity contribution in [2.45, 2.75) is 43.7 Å². The number of carbonyl (C=O) groups is 1. The number of imidazole rings is 1. The molecule has 1 unspecified atom stereocenters. The van der Waals surface area contributed by atoms with Crippen LogP contribution in [0.15, 0.2) is 79.0 Å². The molecule has 1 fully saturated rings. The zero-order valence-electron chi connectivity index (χ0n) is 22.6. The monoisotopic (exact) mass is 634 g/mol. The number of hydrogen-bond donors (Lipinski definition) is 0. The summed E-state index contributed by atoms with van der Waals surface area (Å²) in [5.41, 5.74) is 5.08. The van der Waals surface area contributed by atoms with Gasteiger partial charge in [-0.15, -0.1) is 0 Å². The van der Waals surface area contributed by atoms with Crippen LogP contribution in [0, 0.1) is 5.92 Å². The van der Waals surface area contributed by atoms with E-state index in [-0.39, 0.29) is 5.97 Å². The van der Waals surface area contributed by atoms with E-state index in [4.69, 9.17) is 32.9 Å². The maximum atomic E-state index is 11.6. The Morgan fingerprint density at radius 1 is 1.02 bits per heavy atom. The average molecular weight is 635 g/mol. The van der Waals surface area contributed by atoms with Crippen LogP contribution in [0.3, 0.4) is 0 Å². The third kappa shape index (κ3) is 7.49. The molecule has 1 aromatic heterocycles. The third-order valence-corrected chi connectivity index (χ3v) is 10.4. The van der Waals surface area contributed by atoms with Crippen molar-refractivity contribution in [3.8, 4) is 16.9 Å². The summed E-state index contributed by atoms with van der Waals surface area (Å²) in [7, 11) is 1.43. The van der Waals surface area contributed by atoms with Crippen molar-refractivity contribution >= 4 is 55.4 Å². The molecule has 4 nitrogen and oxygen atoms in total. The number of ether oxygens (including phenoxy) is 1. The molecule has 1 saturated carbocycles. The van der Waals surface area contributed by atoms with Gasteiger partial charge >= 0.3 is 210 Å². The van der Waals surface area contributed by atoms with Crippen LogP contribution in [0.2, 0.25) is 15.3 Å². The van der Waals surface area contributed by atoms with Crippen LogP contribution in [-0.4, -0.2) is 38.4 Å². The molecule has 0 aliphatic heterocycles. The molecular formula is C33H33AsCl2N2O2. The Morgan fingerprint density at radius 2 is 1.77 bits per heavy atom. The molecule has 4 aromatic rings. The average Bonchev–Trinajstić information content (AvgIpc) is 3.39. The Bertz CT molecular complexity index is 1470. The second-order valence-corrected chi connectivity index (χ2v) is 13.7. The molecule has 1 aliphatic rings. The minimum atomic E-state index is -0.583. The molecule has 1 heterocycles. The van der Waals surface area contributed by atoms with E-state index in [1.807, 2.05) is 18.3 Å². The number of aromatic nitrogens is 2. The van der Waals surface area contributed by atoms with Gasteiger partial charge in [-0.1, -0.05) is 25.3 Å². The van der Waals surface area contributed by atoms with Crippen LogP contribution < -0.4 is 4.35 Å². The van der Waals surface area contributed by atoms with Crippen LogP contribution in [0.4, 0.5) is 0 Å². The predicted molar refractivity (Wildman–Crippen MR) is 167 cm³/mol. The molecule has 0 saturated heterocycles. The fourth-order valence-corrected chi connectivity index (χ4v) is 7.47. The van der Waals surface area contributed by atoms with Crippen molar-refractivity contribution in [2.24, 2.45) is 5.92 Å². The van der Waals surface area contributed by atoms with Gasteiger partial charge in [0.25, 0.3) is 0 Å². The van der Waals surface area contributed by atoms with E-state index in [9.17, 15) is 4.79 Å². The van der Waals surface area contributed by atoms with Gasteiger partial charge in [0, 0.05) is 0 Å². The minimum absolute atomic E-state index is 0.152. The standard InChI is InChI=1S/C33H33AsCl2N2O2/c1-40-33(39)21-34-26-13-16-28(17-14-26)38-22-31(29-18-15-27(35)20-30(29)36)37-32(38)19-25-11-9-24(10-12-25)8-7-23-5-3-2-4-6-23/h7-18,20,22-23,34H,2-6,19,21H2,1H3. The first-order valence-electron chi connectivity index (χ1n) is 13.7. The summed E-state index contributed by atoms with van der Waals surface area (Å²) in [6.07, 6.45) is 14.1. The van der Waals surface area contributed by atoms with Crippen molar-refractivity contribution in [3.05, 3.63) is 106 Å². The van der Waals surface area contributed by atoms with Gasteiger partial charge in [0.2, 0.25) is 0 Å². The second kappa shape index (κ2) is 13.7. The van der Waals surface area contributed by atoms with Crippen molar-refractivity contribution in [3.63, 3.8) is 0 Å². The van der Waals surface area contributed by atoms with E-state index in [0.29, 0.717) is 27.6 Å². The number of allylic oxidation sites excluding steroid dienone is 1. The second-order valence-electron chi connectivity index (χ2n) is 10.2. The molecule has 0 bridgehead atoms. The number of rotatable bonds is 9. The van der Waals surface area contributed by atoms with E-state index in [1.54, 1.807) is 6.07 Å². The van der Waals surface area contributed by atoms with Gasteiger partial charge in [0.1, 0.15) is 0 Å². The van der Waals surface area contributed by atoms with Crippen LogP contribution in [-0.2, 0) is 16.0 Å². The Hall–Kier alpha value is -2.78. The van der Waals surface area contributed by atoms with Crippen LogP contribution in [0.5, 0.6) is 0 Å². The van der Waals surface area contributed by atoms with E-state index in [1.165, 1.54) is 54.7 Å². The van der Waals surface area contributed by atoms with Gasteiger partial charge < -0.3 is 0 Å². The van der Waals surface area contributed by atoms with Gasteiger partial charge in [-0.05, 0) is 18.8 Å². The van der Waals surface area contributed by atoms with E-state index in [0.717, 1.165) is 22.8 Å². The topological polar surface area (TPSA) is 44.1 Å². The van der Waals surface area contributed by atoms with Gasteiger partial charge in [-0.25, -0.2) is 0 Å². The number of benzene rings is 3. The molecule has 5 rings (SSSR count). The summed E-state index contributed by atoms with van der Waals surface area (Å²) in [5.74, 6) is 1.49. The first kappa shape index (κ1) is 28.7. The van der Waals surface area contributed by atoms with Crippen LogP contribution in [0.25, 0.3) is 23.0 Å². The molecule has 1 atom stereocenters. The molecule has 1 aliphatic carbocycles. The maximum absolute atomic E-state index is 11.6. The first-order chi connectivity index (χ1) is 19.5. The number of hydrogen-bond acceptors (Lipinski definition) is 3. The molecule has 206 valence electrons. The number of methoxy groups -OCH3 is 1. The van der Waals surface area contributed by atoms with Crippen molar-refractivity contribution in [1.29, 1.82) is 0 Å². The molecule has 0 radical (unpaired) electrons. The summed E-state index contributed by atoms with van der Waals surface area (Å²) in [5, 5.41) is 1.65. The molecule has 0 spiro atoms. The van der Waals surface area contributed by atoms with E-state index in [2.05, 4.69) is 65.3 Å². The van der Waals surface area contributed by atoms with Crippen molar-refractivity contribution in [2.75, 3.05) is 7.11 Å². The van der Waals surface area contributed by atoms with Crippen LogP contribution >= 0.6 is 23.2 Å². The Kier molecular flexibility index (Phi) is 9.86. The van der Waals surface area contributed by atoms with Gasteiger partial charge in [-0.3, -0.25) is 0 Å². The quantitative estimate of drug-likeness (QED) is 0.140. The number of nitrogens with zero attached hydrogens (tertiary/aromatic N) is 2. The number of esters is 1. The predicted octanol–water partition coefficient (Wildman–Crippen LogP) is 7.68. The van der Waals surface area contributed by atoms with Crippen molar-refractivity contribution in [1.82, 2.24) is 9.55 Å². The zero-order valence-corrected chi connectivity index (χ0v) is 26.2. The SMILES string of the molecule is COC(=O)C[AsH]c1ccc(-n2cc(-c3ccc(Cl)cc3Cl)nc2Cc2ccc(C=CC3CCCCC3)cc2)cc1. The molecule has 40 heavy (non-hydrogen) atoms. The molecule has 7 heteroatoms. The van der Waals surface area contributed by atoms with Gasteiger partial charge in [0.05, 0.1) is 0 Å². The molecule has 0 amide bonds. The zero-order chi connectivity index (χ0) is 27.9. The summed E-state index contributed by atoms with van der Waals surface area (Å²) in [4.78, 5) is 16.6. The molecule has 0 N–H and O–H groups in total. The summed E-state index contributed by atoms with van der Waals surface area (Å²) >= 11 is 12.1. The fraction of sp³-hybridized carbons (Fsp3) is 0.273. The summed E-state index contributed by atoms with van der Waals surface area (Å²) in [6.45, 7) is 0. The van der Waals surface area contributed by atoms with Crippen LogP contribution in [0.1, 0.15) is 49.1 Å². The third-order valence-electron chi connectivity index (χ3n) is 7.35. The summed E-state index contributed by atoms with van der Waals surface area (Å²) < 4.78 is 8.13. The Morgan fingerprint density at radius 3 is 2.48 bits per heavy atom. The fourth-order valence-electron chi connectivity index (χ4n) is 5.08. The Balaban J connectivity index is 1.40.